The molecule has 2 aromatic carbocycles. The Hall–Kier alpha value is -3.54. The van der Waals surface area contributed by atoms with Crippen molar-refractivity contribution in [2.45, 2.75) is 13.5 Å². The molecule has 2 heterocycles. The molecule has 0 aliphatic rings. The predicted octanol–water partition coefficient (Wildman–Crippen LogP) is 4.35. The zero-order valence-corrected chi connectivity index (χ0v) is 14.7. The van der Waals surface area contributed by atoms with E-state index in [0.29, 0.717) is 23.6 Å². The Kier molecular flexibility index (Phi) is 4.38. The highest BCUT2D eigenvalue weighted by Gasteiger charge is 2.11. The fourth-order valence-electron chi connectivity index (χ4n) is 2.94. The van der Waals surface area contributed by atoms with Gasteiger partial charge in [0.15, 0.2) is 17.2 Å². The summed E-state index contributed by atoms with van der Waals surface area (Å²) in [5.41, 5.74) is 4.07. The Morgan fingerprint density at radius 2 is 1.96 bits per heavy atom. The number of carbonyl (C=O) groups is 1. The number of imidazole rings is 1. The van der Waals surface area contributed by atoms with Gasteiger partial charge in [0.1, 0.15) is 5.82 Å². The van der Waals surface area contributed by atoms with Crippen molar-refractivity contribution >= 4 is 17.2 Å². The van der Waals surface area contributed by atoms with Crippen molar-refractivity contribution in [1.29, 1.82) is 0 Å². The highest BCUT2D eigenvalue weighted by Crippen LogP contribution is 2.24. The van der Waals surface area contributed by atoms with Gasteiger partial charge < -0.3 is 5.32 Å². The normalized spacial score (nSPS) is 10.9. The molecule has 1 N–H and O–H groups in total. The maximum Gasteiger partial charge on any atom is 0.180 e. The fourth-order valence-corrected chi connectivity index (χ4v) is 2.94. The van der Waals surface area contributed by atoms with E-state index in [9.17, 15) is 9.18 Å². The lowest BCUT2D eigenvalue weighted by molar-refractivity contribution is 0.101. The van der Waals surface area contributed by atoms with E-state index in [1.165, 1.54) is 12.1 Å². The Bertz CT molecular complexity index is 1120. The number of hydrogen-bond acceptors (Lipinski definition) is 4. The first-order valence-electron chi connectivity index (χ1n) is 8.53. The Morgan fingerprint density at radius 3 is 2.74 bits per heavy atom. The van der Waals surface area contributed by atoms with Gasteiger partial charge in [-0.1, -0.05) is 30.3 Å². The van der Waals surface area contributed by atoms with Crippen molar-refractivity contribution in [2.24, 2.45) is 0 Å². The van der Waals surface area contributed by atoms with Gasteiger partial charge in [-0.2, -0.15) is 0 Å². The van der Waals surface area contributed by atoms with E-state index in [-0.39, 0.29) is 11.6 Å². The quantitative estimate of drug-likeness (QED) is 0.538. The van der Waals surface area contributed by atoms with Gasteiger partial charge in [0.2, 0.25) is 0 Å². The minimum Gasteiger partial charge on any atom is -0.363 e. The average molecular weight is 360 g/mol. The SMILES string of the molecule is CC(=O)c1cccc(-c2cnc3c(NCc4ccc(F)cc4)nccn23)c1. The second kappa shape index (κ2) is 6.99. The molecule has 0 fully saturated rings. The molecule has 0 unspecified atom stereocenters. The molecule has 0 radical (unpaired) electrons. The molecule has 0 saturated heterocycles. The molecule has 0 atom stereocenters. The van der Waals surface area contributed by atoms with Gasteiger partial charge in [-0.15, -0.1) is 0 Å². The number of nitrogens with zero attached hydrogens (tertiary/aromatic N) is 3. The number of hydrogen-bond donors (Lipinski definition) is 1. The summed E-state index contributed by atoms with van der Waals surface area (Å²) in [6.45, 7) is 2.06. The minimum absolute atomic E-state index is 0.0222. The number of Topliss-reactive ketones (excluding diaryl/α,β-unsaturated/α-hetero) is 1. The van der Waals surface area contributed by atoms with Gasteiger partial charge in [-0.05, 0) is 30.7 Å². The van der Waals surface area contributed by atoms with Crippen LogP contribution in [0.4, 0.5) is 10.2 Å². The summed E-state index contributed by atoms with van der Waals surface area (Å²) < 4.78 is 15.0. The third-order valence-corrected chi connectivity index (χ3v) is 4.37. The van der Waals surface area contributed by atoms with E-state index in [2.05, 4.69) is 15.3 Å². The van der Waals surface area contributed by atoms with Crippen LogP contribution in [0.3, 0.4) is 0 Å². The molecule has 5 nitrogen and oxygen atoms in total. The monoisotopic (exact) mass is 360 g/mol. The maximum absolute atomic E-state index is 13.0. The Morgan fingerprint density at radius 1 is 1.15 bits per heavy atom. The highest BCUT2D eigenvalue weighted by molar-refractivity contribution is 5.95. The molecule has 4 rings (SSSR count). The van der Waals surface area contributed by atoms with Crippen LogP contribution < -0.4 is 5.32 Å². The van der Waals surface area contributed by atoms with Gasteiger partial charge in [0, 0.05) is 30.1 Å². The molecule has 2 aromatic heterocycles. The van der Waals surface area contributed by atoms with E-state index in [1.54, 1.807) is 37.5 Å². The largest absolute Gasteiger partial charge is 0.363 e. The van der Waals surface area contributed by atoms with Crippen molar-refractivity contribution < 1.29 is 9.18 Å². The zero-order valence-electron chi connectivity index (χ0n) is 14.7. The summed E-state index contributed by atoms with van der Waals surface area (Å²) in [7, 11) is 0. The lowest BCUT2D eigenvalue weighted by atomic mass is 10.1. The molecule has 0 aliphatic carbocycles. The lowest BCUT2D eigenvalue weighted by Crippen LogP contribution is -2.04. The Labute approximate surface area is 155 Å². The van der Waals surface area contributed by atoms with Crippen molar-refractivity contribution in [3.8, 4) is 11.3 Å². The second-order valence-electron chi connectivity index (χ2n) is 6.23. The van der Waals surface area contributed by atoms with Gasteiger partial charge in [-0.3, -0.25) is 9.20 Å². The van der Waals surface area contributed by atoms with Crippen LogP contribution in [0.1, 0.15) is 22.8 Å². The van der Waals surface area contributed by atoms with Crippen molar-refractivity contribution in [2.75, 3.05) is 5.32 Å². The van der Waals surface area contributed by atoms with E-state index in [1.807, 2.05) is 28.8 Å². The molecule has 0 spiro atoms. The van der Waals surface area contributed by atoms with Crippen LogP contribution in [0.25, 0.3) is 16.9 Å². The topological polar surface area (TPSA) is 59.3 Å². The molecule has 27 heavy (non-hydrogen) atoms. The minimum atomic E-state index is -0.260. The number of nitrogens with one attached hydrogen (secondary N) is 1. The summed E-state index contributed by atoms with van der Waals surface area (Å²) in [5, 5.41) is 3.25. The van der Waals surface area contributed by atoms with Crippen LogP contribution in [0.15, 0.2) is 67.1 Å². The lowest BCUT2D eigenvalue weighted by Gasteiger charge is -2.08. The maximum atomic E-state index is 13.0. The summed E-state index contributed by atoms with van der Waals surface area (Å²) >= 11 is 0. The number of ketones is 1. The van der Waals surface area contributed by atoms with E-state index < -0.39 is 0 Å². The van der Waals surface area contributed by atoms with Crippen LogP contribution in [0, 0.1) is 5.82 Å². The van der Waals surface area contributed by atoms with Gasteiger partial charge >= 0.3 is 0 Å². The van der Waals surface area contributed by atoms with Gasteiger partial charge in [0.05, 0.1) is 11.9 Å². The van der Waals surface area contributed by atoms with Crippen LogP contribution in [-0.4, -0.2) is 20.2 Å². The first-order chi connectivity index (χ1) is 13.1. The Balaban J connectivity index is 1.66. The molecule has 134 valence electrons. The van der Waals surface area contributed by atoms with Crippen LogP contribution in [0.5, 0.6) is 0 Å². The number of fused-ring (bicyclic) bond motifs is 1. The fraction of sp³-hybridized carbons (Fsp3) is 0.0952. The number of anilines is 1. The zero-order chi connectivity index (χ0) is 18.8. The molecule has 4 aromatic rings. The standard InChI is InChI=1S/C21H17FN4O/c1-14(27)16-3-2-4-17(11-16)19-13-25-21-20(23-9-10-26(19)21)24-12-15-5-7-18(22)8-6-15/h2-11,13H,12H2,1H3,(H,23,24). The molecule has 0 aliphatic heterocycles. The number of carbonyl (C=O) groups excluding carboxylic acids is 1. The smallest absolute Gasteiger partial charge is 0.180 e. The number of halogens is 1. The summed E-state index contributed by atoms with van der Waals surface area (Å²) in [6, 6.07) is 13.8. The molecular weight excluding hydrogens is 343 g/mol. The van der Waals surface area contributed by atoms with Crippen molar-refractivity contribution in [3.63, 3.8) is 0 Å². The van der Waals surface area contributed by atoms with Crippen molar-refractivity contribution in [1.82, 2.24) is 14.4 Å². The molecule has 0 saturated carbocycles. The molecule has 0 amide bonds. The first-order valence-corrected chi connectivity index (χ1v) is 8.53. The van der Waals surface area contributed by atoms with E-state index in [0.717, 1.165) is 16.8 Å². The summed E-state index contributed by atoms with van der Waals surface area (Å²) in [4.78, 5) is 20.5. The number of benzene rings is 2. The van der Waals surface area contributed by atoms with Gasteiger partial charge in [0.25, 0.3) is 0 Å². The third-order valence-electron chi connectivity index (χ3n) is 4.37. The van der Waals surface area contributed by atoms with Crippen molar-refractivity contribution in [3.05, 3.63) is 84.1 Å². The summed E-state index contributed by atoms with van der Waals surface area (Å²) in [5.74, 6) is 0.398. The van der Waals surface area contributed by atoms with Gasteiger partial charge in [-0.25, -0.2) is 14.4 Å². The van der Waals surface area contributed by atoms with Crippen LogP contribution in [-0.2, 0) is 6.54 Å². The third kappa shape index (κ3) is 3.42. The highest BCUT2D eigenvalue weighted by atomic mass is 19.1. The van der Waals surface area contributed by atoms with E-state index >= 15 is 0 Å². The number of aromatic nitrogens is 3. The van der Waals surface area contributed by atoms with Crippen LogP contribution >= 0.6 is 0 Å². The molecule has 6 heteroatoms. The first kappa shape index (κ1) is 16.9. The predicted molar refractivity (Wildman–Crippen MR) is 102 cm³/mol. The molecular formula is C21H17FN4O. The van der Waals surface area contributed by atoms with Crippen LogP contribution in [0.2, 0.25) is 0 Å². The second-order valence-corrected chi connectivity index (χ2v) is 6.23. The average Bonchev–Trinajstić information content (AvgIpc) is 3.12. The van der Waals surface area contributed by atoms with E-state index in [4.69, 9.17) is 0 Å². The summed E-state index contributed by atoms with van der Waals surface area (Å²) in [6.07, 6.45) is 5.29. The molecule has 0 bridgehead atoms. The number of rotatable bonds is 5.